The molecule has 6 heteroatoms. The van der Waals surface area contributed by atoms with E-state index in [1.807, 2.05) is 20.8 Å². The van der Waals surface area contributed by atoms with E-state index in [9.17, 15) is 4.79 Å². The molecule has 3 unspecified atom stereocenters. The fourth-order valence-corrected chi connectivity index (χ4v) is 7.02. The van der Waals surface area contributed by atoms with Crippen molar-refractivity contribution in [2.24, 2.45) is 5.92 Å². The summed E-state index contributed by atoms with van der Waals surface area (Å²) < 4.78 is 7.14. The minimum Gasteiger partial charge on any atom is -0.444 e. The number of ether oxygens (including phenoxy) is 1. The summed E-state index contributed by atoms with van der Waals surface area (Å²) in [5.74, 6) is 1.30. The predicted molar refractivity (Wildman–Crippen MR) is 159 cm³/mol. The zero-order valence-corrected chi connectivity index (χ0v) is 25.0. The SMILES string of the molecule is CC(C)(C)OC(=O)N1C2CCCCCCCCCCCC(CC2)C1c1nc2ccc3cc(Br)ccc3c2[nH]1. The van der Waals surface area contributed by atoms with Gasteiger partial charge in [0.15, 0.2) is 0 Å². The third-order valence-corrected chi connectivity index (χ3v) is 8.95. The Kier molecular flexibility index (Phi) is 8.66. The Morgan fingerprint density at radius 3 is 2.32 bits per heavy atom. The topological polar surface area (TPSA) is 58.2 Å². The number of aromatic amines is 1. The van der Waals surface area contributed by atoms with Gasteiger partial charge in [-0.2, -0.15) is 0 Å². The van der Waals surface area contributed by atoms with Gasteiger partial charge in [-0.3, -0.25) is 4.90 Å². The summed E-state index contributed by atoms with van der Waals surface area (Å²) in [5.41, 5.74) is 1.49. The van der Waals surface area contributed by atoms with Gasteiger partial charge in [-0.25, -0.2) is 9.78 Å². The number of piperidine rings is 1. The van der Waals surface area contributed by atoms with Gasteiger partial charge in [-0.05, 0) is 76.0 Å². The van der Waals surface area contributed by atoms with Gasteiger partial charge in [0.1, 0.15) is 11.4 Å². The van der Waals surface area contributed by atoms with Crippen molar-refractivity contribution in [2.45, 2.75) is 122 Å². The van der Waals surface area contributed by atoms with Gasteiger partial charge in [0.25, 0.3) is 0 Å². The maximum Gasteiger partial charge on any atom is 0.411 e. The van der Waals surface area contributed by atoms with Crippen LogP contribution in [0.3, 0.4) is 0 Å². The number of imidazole rings is 1. The number of nitrogens with zero attached hydrogens (tertiary/aromatic N) is 2. The van der Waals surface area contributed by atoms with Gasteiger partial charge < -0.3 is 9.72 Å². The highest BCUT2D eigenvalue weighted by Gasteiger charge is 2.43. The van der Waals surface area contributed by atoms with Crippen LogP contribution in [0.15, 0.2) is 34.8 Å². The monoisotopic (exact) mass is 581 g/mol. The fraction of sp³-hybridized carbons (Fsp3) is 0.625. The molecule has 1 saturated carbocycles. The number of rotatable bonds is 1. The molecule has 2 aliphatic heterocycles. The average Bonchev–Trinajstić information content (AvgIpc) is 3.29. The molecule has 3 aromatic rings. The molecule has 5 nitrogen and oxygen atoms in total. The number of benzene rings is 2. The van der Waals surface area contributed by atoms with E-state index in [0.29, 0.717) is 5.92 Å². The zero-order valence-electron chi connectivity index (χ0n) is 23.4. The van der Waals surface area contributed by atoms with Crippen LogP contribution in [-0.4, -0.2) is 32.6 Å². The normalized spacial score (nSPS) is 24.3. The van der Waals surface area contributed by atoms with Crippen molar-refractivity contribution in [1.29, 1.82) is 0 Å². The van der Waals surface area contributed by atoms with Crippen LogP contribution >= 0.6 is 15.9 Å². The first-order valence-electron chi connectivity index (χ1n) is 14.9. The van der Waals surface area contributed by atoms with E-state index in [1.54, 1.807) is 0 Å². The number of aromatic nitrogens is 2. The van der Waals surface area contributed by atoms with Crippen molar-refractivity contribution in [3.8, 4) is 0 Å². The number of hydrogen-bond donors (Lipinski definition) is 1. The number of amides is 1. The third-order valence-electron chi connectivity index (χ3n) is 8.46. The second-order valence-corrected chi connectivity index (χ2v) is 13.4. The standard InChI is InChI=1S/C32H44BrN3O2/c1-32(2,3)38-31(37)36-25-14-12-10-8-6-4-5-7-9-11-13-22(15-18-25)29(36)30-34-27-20-16-23-21-24(33)17-19-26(23)28(27)35-30/h16-17,19-22,25,29H,4-15,18H2,1-3H3,(H,34,35). The molecular weight excluding hydrogens is 538 g/mol. The van der Waals surface area contributed by atoms with E-state index in [2.05, 4.69) is 56.1 Å². The number of H-pyrrole nitrogens is 1. The first kappa shape index (κ1) is 27.5. The largest absolute Gasteiger partial charge is 0.444 e. The van der Waals surface area contributed by atoms with E-state index in [1.165, 1.54) is 63.2 Å². The Labute approximate surface area is 236 Å². The van der Waals surface area contributed by atoms with Crippen molar-refractivity contribution in [1.82, 2.24) is 14.9 Å². The van der Waals surface area contributed by atoms with E-state index >= 15 is 0 Å². The molecule has 1 amide bonds. The van der Waals surface area contributed by atoms with Crippen LogP contribution in [0.2, 0.25) is 0 Å². The molecule has 2 saturated heterocycles. The summed E-state index contributed by atoms with van der Waals surface area (Å²) in [6, 6.07) is 10.7. The molecule has 6 rings (SSSR count). The number of fused-ring (bicyclic) bond motifs is 15. The van der Waals surface area contributed by atoms with Crippen molar-refractivity contribution in [2.75, 3.05) is 0 Å². The van der Waals surface area contributed by atoms with E-state index < -0.39 is 5.60 Å². The van der Waals surface area contributed by atoms with Crippen molar-refractivity contribution in [3.05, 3.63) is 40.6 Å². The molecule has 206 valence electrons. The summed E-state index contributed by atoms with van der Waals surface area (Å²) in [4.78, 5) is 24.9. The van der Waals surface area contributed by atoms with Gasteiger partial charge in [0, 0.05) is 15.9 Å². The lowest BCUT2D eigenvalue weighted by Crippen LogP contribution is -2.51. The predicted octanol–water partition coefficient (Wildman–Crippen LogP) is 9.84. The van der Waals surface area contributed by atoms with Crippen molar-refractivity contribution in [3.63, 3.8) is 0 Å². The maximum atomic E-state index is 13.9. The molecule has 1 aromatic heterocycles. The third kappa shape index (κ3) is 6.38. The number of hydrogen-bond acceptors (Lipinski definition) is 3. The molecule has 1 aliphatic carbocycles. The lowest BCUT2D eigenvalue weighted by molar-refractivity contribution is -0.0243. The van der Waals surface area contributed by atoms with Gasteiger partial charge >= 0.3 is 6.09 Å². The Balaban J connectivity index is 1.56. The van der Waals surface area contributed by atoms with Crippen LogP contribution in [0.1, 0.15) is 116 Å². The Bertz CT molecular complexity index is 1240. The van der Waals surface area contributed by atoms with Crippen LogP contribution in [0.5, 0.6) is 0 Å². The van der Waals surface area contributed by atoms with Gasteiger partial charge in [-0.1, -0.05) is 85.9 Å². The van der Waals surface area contributed by atoms with Gasteiger partial charge in [-0.15, -0.1) is 0 Å². The Hall–Kier alpha value is -2.08. The van der Waals surface area contributed by atoms with Crippen LogP contribution in [0, 0.1) is 5.92 Å². The maximum absolute atomic E-state index is 13.9. The molecule has 3 aliphatic rings. The molecule has 2 bridgehead atoms. The molecule has 38 heavy (non-hydrogen) atoms. The van der Waals surface area contributed by atoms with Crippen LogP contribution in [0.4, 0.5) is 4.79 Å². The van der Waals surface area contributed by atoms with E-state index in [-0.39, 0.29) is 18.2 Å². The molecule has 3 atom stereocenters. The minimum absolute atomic E-state index is 0.0911. The summed E-state index contributed by atoms with van der Waals surface area (Å²) in [6.45, 7) is 5.91. The second kappa shape index (κ2) is 12.0. The van der Waals surface area contributed by atoms with Crippen molar-refractivity contribution >= 4 is 43.8 Å². The summed E-state index contributed by atoms with van der Waals surface area (Å²) >= 11 is 3.61. The number of nitrogens with one attached hydrogen (secondary N) is 1. The summed E-state index contributed by atoms with van der Waals surface area (Å²) in [6.07, 6.45) is 15.8. The molecular formula is C32H44BrN3O2. The first-order valence-corrected chi connectivity index (χ1v) is 15.7. The fourth-order valence-electron chi connectivity index (χ4n) is 6.64. The zero-order chi connectivity index (χ0) is 26.7. The number of carbonyl (C=O) groups is 1. The molecule has 2 aromatic carbocycles. The lowest BCUT2D eigenvalue weighted by Gasteiger charge is -2.46. The molecule has 3 fully saturated rings. The van der Waals surface area contributed by atoms with Gasteiger partial charge in [0.2, 0.25) is 0 Å². The summed E-state index contributed by atoms with van der Waals surface area (Å²) in [5, 5.41) is 2.34. The highest BCUT2D eigenvalue weighted by Crippen LogP contribution is 2.44. The van der Waals surface area contributed by atoms with Crippen LogP contribution in [0.25, 0.3) is 21.8 Å². The Morgan fingerprint density at radius 2 is 1.61 bits per heavy atom. The minimum atomic E-state index is -0.532. The number of halogens is 1. The molecule has 1 N–H and O–H groups in total. The molecule has 0 spiro atoms. The lowest BCUT2D eigenvalue weighted by atomic mass is 9.80. The quantitative estimate of drug-likeness (QED) is 0.311. The second-order valence-electron chi connectivity index (χ2n) is 12.5. The van der Waals surface area contributed by atoms with E-state index in [4.69, 9.17) is 9.72 Å². The smallest absolute Gasteiger partial charge is 0.411 e. The Morgan fingerprint density at radius 1 is 0.921 bits per heavy atom. The first-order chi connectivity index (χ1) is 18.3. The highest BCUT2D eigenvalue weighted by molar-refractivity contribution is 9.10. The van der Waals surface area contributed by atoms with Gasteiger partial charge in [0.05, 0.1) is 17.1 Å². The average molecular weight is 583 g/mol. The summed E-state index contributed by atoms with van der Waals surface area (Å²) in [7, 11) is 0. The van der Waals surface area contributed by atoms with E-state index in [0.717, 1.165) is 52.4 Å². The van der Waals surface area contributed by atoms with Crippen LogP contribution < -0.4 is 0 Å². The van der Waals surface area contributed by atoms with Crippen LogP contribution in [-0.2, 0) is 4.74 Å². The highest BCUT2D eigenvalue weighted by atomic mass is 79.9. The molecule has 0 radical (unpaired) electrons. The van der Waals surface area contributed by atoms with Crippen molar-refractivity contribution < 1.29 is 9.53 Å². The molecule has 3 heterocycles. The number of carbonyl (C=O) groups excluding carboxylic acids is 1.